The molecule has 1 aliphatic heterocycles. The number of carboxylic acid groups (broad SMARTS) is 2. The lowest BCUT2D eigenvalue weighted by molar-refractivity contribution is -0.140. The molecule has 1 saturated heterocycles. The number of hydrogen-bond acceptors (Lipinski definition) is 3. The van der Waals surface area contributed by atoms with Crippen molar-refractivity contribution in [3.8, 4) is 0 Å². The van der Waals surface area contributed by atoms with Gasteiger partial charge in [0.05, 0.1) is 0 Å². The molecule has 0 aromatic heterocycles. The Kier molecular flexibility index (Phi) is 2.65. The van der Waals surface area contributed by atoms with Gasteiger partial charge in [-0.05, 0) is 18.9 Å². The molecule has 68 valence electrons. The molecule has 5 heteroatoms. The van der Waals surface area contributed by atoms with Gasteiger partial charge in [-0.3, -0.25) is 9.59 Å². The third kappa shape index (κ3) is 2.20. The molecule has 0 spiro atoms. The summed E-state index contributed by atoms with van der Waals surface area (Å²) in [6, 6.07) is -0.561. The van der Waals surface area contributed by atoms with E-state index in [1.54, 1.807) is 0 Å². The first-order chi connectivity index (χ1) is 5.59. The number of hydrogen-bond donors (Lipinski definition) is 3. The van der Waals surface area contributed by atoms with Crippen molar-refractivity contribution < 1.29 is 19.8 Å². The predicted octanol–water partition coefficient (Wildman–Crippen LogP) is -0.476. The zero-order valence-corrected chi connectivity index (χ0v) is 6.49. The molecule has 0 amide bonds. The van der Waals surface area contributed by atoms with Crippen LogP contribution in [0.3, 0.4) is 0 Å². The smallest absolute Gasteiger partial charge is 0.320 e. The molecule has 1 heterocycles. The van der Waals surface area contributed by atoms with Crippen molar-refractivity contribution in [1.82, 2.24) is 5.32 Å². The standard InChI is InChI=1S/C7H11NO4/c9-6(10)2-4-1-5(7(11)12)8-3-4/h4-5,8H,1-3H2,(H,9,10)(H,11,12)/t4-,5+/m0/s1. The Bertz CT molecular complexity index is 204. The van der Waals surface area contributed by atoms with Crippen LogP contribution < -0.4 is 5.32 Å². The van der Waals surface area contributed by atoms with Gasteiger partial charge in [-0.1, -0.05) is 0 Å². The molecular weight excluding hydrogens is 162 g/mol. The van der Waals surface area contributed by atoms with Crippen LogP contribution in [-0.4, -0.2) is 34.7 Å². The first-order valence-electron chi connectivity index (χ1n) is 3.77. The predicted molar refractivity (Wildman–Crippen MR) is 39.8 cm³/mol. The number of nitrogens with one attached hydrogen (secondary N) is 1. The van der Waals surface area contributed by atoms with Gasteiger partial charge in [0.1, 0.15) is 6.04 Å². The molecule has 1 aliphatic rings. The molecule has 2 atom stereocenters. The normalized spacial score (nSPS) is 28.7. The van der Waals surface area contributed by atoms with Crippen LogP contribution in [0.5, 0.6) is 0 Å². The van der Waals surface area contributed by atoms with Crippen LogP contribution >= 0.6 is 0 Å². The van der Waals surface area contributed by atoms with Crippen molar-refractivity contribution in [3.05, 3.63) is 0 Å². The molecule has 5 nitrogen and oxygen atoms in total. The van der Waals surface area contributed by atoms with Gasteiger partial charge in [-0.25, -0.2) is 0 Å². The summed E-state index contributed by atoms with van der Waals surface area (Å²) >= 11 is 0. The van der Waals surface area contributed by atoms with Gasteiger partial charge in [0.15, 0.2) is 0 Å². The van der Waals surface area contributed by atoms with Crippen molar-refractivity contribution in [3.63, 3.8) is 0 Å². The molecule has 1 rings (SSSR count). The van der Waals surface area contributed by atoms with E-state index in [1.807, 2.05) is 0 Å². The highest BCUT2D eigenvalue weighted by atomic mass is 16.4. The van der Waals surface area contributed by atoms with Crippen LogP contribution in [0.15, 0.2) is 0 Å². The van der Waals surface area contributed by atoms with E-state index in [4.69, 9.17) is 10.2 Å². The van der Waals surface area contributed by atoms with Crippen LogP contribution in [0, 0.1) is 5.92 Å². The van der Waals surface area contributed by atoms with Crippen molar-refractivity contribution >= 4 is 11.9 Å². The van der Waals surface area contributed by atoms with Crippen molar-refractivity contribution in [2.75, 3.05) is 6.54 Å². The molecule has 0 unspecified atom stereocenters. The highest BCUT2D eigenvalue weighted by Crippen LogP contribution is 2.17. The minimum Gasteiger partial charge on any atom is -0.481 e. The van der Waals surface area contributed by atoms with Crippen molar-refractivity contribution in [2.24, 2.45) is 5.92 Å². The largest absolute Gasteiger partial charge is 0.481 e. The summed E-state index contributed by atoms with van der Waals surface area (Å²) in [5.74, 6) is -1.81. The fourth-order valence-corrected chi connectivity index (χ4v) is 1.40. The van der Waals surface area contributed by atoms with Crippen LogP contribution in [-0.2, 0) is 9.59 Å². The fraction of sp³-hybridized carbons (Fsp3) is 0.714. The van der Waals surface area contributed by atoms with E-state index in [9.17, 15) is 9.59 Å². The van der Waals surface area contributed by atoms with Gasteiger partial charge in [0.25, 0.3) is 0 Å². The summed E-state index contributed by atoms with van der Waals surface area (Å²) in [6.07, 6.45) is 0.471. The zero-order valence-electron chi connectivity index (χ0n) is 6.49. The molecule has 0 aromatic rings. The monoisotopic (exact) mass is 173 g/mol. The van der Waals surface area contributed by atoms with E-state index >= 15 is 0 Å². The first kappa shape index (κ1) is 8.99. The second-order valence-corrected chi connectivity index (χ2v) is 3.00. The van der Waals surface area contributed by atoms with Crippen LogP contribution in [0.4, 0.5) is 0 Å². The number of carbonyl (C=O) groups is 2. The Morgan fingerprint density at radius 2 is 2.08 bits per heavy atom. The molecule has 0 bridgehead atoms. The maximum absolute atomic E-state index is 10.4. The van der Waals surface area contributed by atoms with Crippen LogP contribution in [0.1, 0.15) is 12.8 Å². The average molecular weight is 173 g/mol. The summed E-state index contributed by atoms with van der Waals surface area (Å²) < 4.78 is 0. The highest BCUT2D eigenvalue weighted by Gasteiger charge is 2.30. The molecule has 0 aromatic carbocycles. The van der Waals surface area contributed by atoms with Gasteiger partial charge >= 0.3 is 11.9 Å². The third-order valence-electron chi connectivity index (χ3n) is 1.98. The Hall–Kier alpha value is -1.10. The Morgan fingerprint density at radius 1 is 1.42 bits per heavy atom. The first-order valence-corrected chi connectivity index (χ1v) is 3.77. The van der Waals surface area contributed by atoms with Gasteiger partial charge in [-0.2, -0.15) is 0 Å². The second-order valence-electron chi connectivity index (χ2n) is 3.00. The SMILES string of the molecule is O=C(O)C[C@H]1CN[C@@H](C(=O)O)C1. The van der Waals surface area contributed by atoms with Gasteiger partial charge in [0, 0.05) is 6.42 Å². The minimum atomic E-state index is -0.900. The second kappa shape index (κ2) is 3.53. The summed E-state index contributed by atoms with van der Waals surface area (Å²) in [5, 5.41) is 19.7. The maximum atomic E-state index is 10.4. The molecule has 0 radical (unpaired) electrons. The molecule has 0 saturated carbocycles. The minimum absolute atomic E-state index is 0.0383. The zero-order chi connectivity index (χ0) is 9.14. The van der Waals surface area contributed by atoms with Gasteiger partial charge in [0.2, 0.25) is 0 Å². The van der Waals surface area contributed by atoms with E-state index in [2.05, 4.69) is 5.32 Å². The number of aliphatic carboxylic acids is 2. The van der Waals surface area contributed by atoms with E-state index in [1.165, 1.54) is 0 Å². The van der Waals surface area contributed by atoms with Crippen molar-refractivity contribution in [1.29, 1.82) is 0 Å². The lowest BCUT2D eigenvalue weighted by atomic mass is 10.0. The third-order valence-corrected chi connectivity index (χ3v) is 1.98. The average Bonchev–Trinajstić information content (AvgIpc) is 2.34. The van der Waals surface area contributed by atoms with Gasteiger partial charge in [-0.15, -0.1) is 0 Å². The van der Waals surface area contributed by atoms with Crippen molar-refractivity contribution in [2.45, 2.75) is 18.9 Å². The summed E-state index contributed by atoms with van der Waals surface area (Å²) in [7, 11) is 0. The number of rotatable bonds is 3. The van der Waals surface area contributed by atoms with Gasteiger partial charge < -0.3 is 15.5 Å². The quantitative estimate of drug-likeness (QED) is 0.536. The lowest BCUT2D eigenvalue weighted by Gasteiger charge is -2.02. The molecule has 1 fully saturated rings. The van der Waals surface area contributed by atoms with E-state index in [0.717, 1.165) is 0 Å². The topological polar surface area (TPSA) is 86.6 Å². The van der Waals surface area contributed by atoms with E-state index in [0.29, 0.717) is 13.0 Å². The maximum Gasteiger partial charge on any atom is 0.320 e. The molecule has 12 heavy (non-hydrogen) atoms. The highest BCUT2D eigenvalue weighted by molar-refractivity contribution is 5.74. The van der Waals surface area contributed by atoms with Crippen LogP contribution in [0.2, 0.25) is 0 Å². The number of carboxylic acids is 2. The summed E-state index contributed by atoms with van der Waals surface area (Å²) in [4.78, 5) is 20.7. The van der Waals surface area contributed by atoms with E-state index < -0.39 is 18.0 Å². The molecule has 0 aliphatic carbocycles. The molecule has 3 N–H and O–H groups in total. The van der Waals surface area contributed by atoms with E-state index in [-0.39, 0.29) is 12.3 Å². The van der Waals surface area contributed by atoms with Crippen LogP contribution in [0.25, 0.3) is 0 Å². The Morgan fingerprint density at radius 3 is 2.50 bits per heavy atom. The Balaban J connectivity index is 2.35. The lowest BCUT2D eigenvalue weighted by Crippen LogP contribution is -2.29. The fourth-order valence-electron chi connectivity index (χ4n) is 1.40. The molecular formula is C7H11NO4. The summed E-state index contributed by atoms with van der Waals surface area (Å²) in [6.45, 7) is 0.489. The Labute approximate surface area is 69.4 Å². The summed E-state index contributed by atoms with van der Waals surface area (Å²) in [5.41, 5.74) is 0.